The van der Waals surface area contributed by atoms with Crippen LogP contribution >= 0.6 is 35.9 Å². The Bertz CT molecular complexity index is 988. The summed E-state index contributed by atoms with van der Waals surface area (Å²) < 4.78 is 6.59. The molecule has 1 amide bonds. The highest BCUT2D eigenvalue weighted by atomic mass is 35.5. The van der Waals surface area contributed by atoms with E-state index in [0.29, 0.717) is 9.99 Å². The van der Waals surface area contributed by atoms with Gasteiger partial charge in [-0.25, -0.2) is 4.79 Å². The first-order valence-corrected chi connectivity index (χ1v) is 11.3. The molecule has 1 saturated heterocycles. The van der Waals surface area contributed by atoms with Crippen molar-refractivity contribution in [3.05, 3.63) is 81.7 Å². The van der Waals surface area contributed by atoms with Crippen molar-refractivity contribution in [3.8, 4) is 6.07 Å². The molecule has 2 aliphatic rings. The number of halogens is 1. The Morgan fingerprint density at radius 2 is 1.77 bits per heavy atom. The zero-order valence-electron chi connectivity index (χ0n) is 16.3. The lowest BCUT2D eigenvalue weighted by molar-refractivity contribution is -0.154. The Morgan fingerprint density at radius 1 is 1.19 bits per heavy atom. The molecule has 4 rings (SSSR count). The van der Waals surface area contributed by atoms with Crippen LogP contribution in [0.5, 0.6) is 0 Å². The fourth-order valence-electron chi connectivity index (χ4n) is 3.49. The molecule has 1 fully saturated rings. The van der Waals surface area contributed by atoms with Crippen LogP contribution in [0.4, 0.5) is 0 Å². The van der Waals surface area contributed by atoms with Crippen LogP contribution in [0.25, 0.3) is 0 Å². The summed E-state index contributed by atoms with van der Waals surface area (Å²) in [7, 11) is 0. The summed E-state index contributed by atoms with van der Waals surface area (Å²) in [5.41, 5.74) is 7.78. The van der Waals surface area contributed by atoms with Crippen LogP contribution in [0, 0.1) is 11.3 Å². The maximum atomic E-state index is 13.3. The Hall–Kier alpha value is -2.44. The number of hydrogen-bond donors (Lipinski definition) is 1. The summed E-state index contributed by atoms with van der Waals surface area (Å²) in [5, 5.41) is 8.97. The van der Waals surface area contributed by atoms with E-state index in [2.05, 4.69) is 6.07 Å². The standard InChI is InChI=1S/C22H19N3O3S2.ClH/c23-11-12-29-22-18(25-16(13-30-22)17(24)20(25)26)21(27)28-19(14-7-3-1-4-8-14)15-9-5-2-6-10-15;/h1-10,16-17,19H,12-13,24H2;1H. The van der Waals surface area contributed by atoms with Gasteiger partial charge < -0.3 is 10.5 Å². The molecular formula is C22H20ClN3O3S2. The van der Waals surface area contributed by atoms with Gasteiger partial charge in [0, 0.05) is 5.75 Å². The fraction of sp³-hybridized carbons (Fsp3) is 0.227. The number of rotatable bonds is 6. The molecule has 6 nitrogen and oxygen atoms in total. The second-order valence-corrected chi connectivity index (χ2v) is 9.08. The third-order valence-corrected chi connectivity index (χ3v) is 7.38. The van der Waals surface area contributed by atoms with Crippen LogP contribution in [-0.4, -0.2) is 40.4 Å². The molecule has 2 atom stereocenters. The Labute approximate surface area is 195 Å². The number of nitrogens with zero attached hydrogens (tertiary/aromatic N) is 2. The molecule has 2 aliphatic heterocycles. The summed E-state index contributed by atoms with van der Waals surface area (Å²) in [5.74, 6) is -0.111. The third-order valence-electron chi connectivity index (χ3n) is 4.98. The van der Waals surface area contributed by atoms with Gasteiger partial charge in [0.1, 0.15) is 6.04 Å². The van der Waals surface area contributed by atoms with Gasteiger partial charge in [0.05, 0.1) is 22.1 Å². The number of hydrogen-bond acceptors (Lipinski definition) is 7. The molecule has 2 unspecified atom stereocenters. The molecule has 0 bridgehead atoms. The van der Waals surface area contributed by atoms with Crippen LogP contribution in [0.1, 0.15) is 17.2 Å². The molecule has 160 valence electrons. The molecule has 2 aromatic carbocycles. The van der Waals surface area contributed by atoms with Crippen molar-refractivity contribution in [1.29, 1.82) is 5.26 Å². The normalized spacial score (nSPS) is 19.8. The van der Waals surface area contributed by atoms with Crippen LogP contribution in [-0.2, 0) is 14.3 Å². The number of benzene rings is 2. The highest BCUT2D eigenvalue weighted by Crippen LogP contribution is 2.44. The number of nitrogens with two attached hydrogens (primary N) is 1. The van der Waals surface area contributed by atoms with Crippen molar-refractivity contribution < 1.29 is 14.3 Å². The van der Waals surface area contributed by atoms with Gasteiger partial charge >= 0.3 is 5.97 Å². The molecule has 0 aromatic heterocycles. The van der Waals surface area contributed by atoms with Crippen LogP contribution in [0.3, 0.4) is 0 Å². The third kappa shape index (κ3) is 4.60. The molecule has 2 aromatic rings. The highest BCUT2D eigenvalue weighted by molar-refractivity contribution is 8.22. The Balaban J connectivity index is 0.00000272. The van der Waals surface area contributed by atoms with E-state index in [0.717, 1.165) is 11.1 Å². The molecule has 0 saturated carbocycles. The van der Waals surface area contributed by atoms with Gasteiger partial charge in [-0.15, -0.1) is 35.9 Å². The van der Waals surface area contributed by atoms with Gasteiger partial charge in [-0.05, 0) is 11.1 Å². The lowest BCUT2D eigenvalue weighted by atomic mass is 9.96. The van der Waals surface area contributed by atoms with Crippen LogP contribution in [0.15, 0.2) is 70.6 Å². The first-order chi connectivity index (χ1) is 14.6. The van der Waals surface area contributed by atoms with Crippen molar-refractivity contribution in [2.45, 2.75) is 18.2 Å². The highest BCUT2D eigenvalue weighted by Gasteiger charge is 2.52. The number of carbonyl (C=O) groups is 2. The van der Waals surface area contributed by atoms with Gasteiger partial charge in [-0.3, -0.25) is 9.69 Å². The Morgan fingerprint density at radius 3 is 2.32 bits per heavy atom. The second-order valence-electron chi connectivity index (χ2n) is 6.80. The van der Waals surface area contributed by atoms with E-state index >= 15 is 0 Å². The quantitative estimate of drug-likeness (QED) is 0.507. The maximum Gasteiger partial charge on any atom is 0.357 e. The summed E-state index contributed by atoms with van der Waals surface area (Å²) in [6.07, 6.45) is -0.620. The predicted octanol–water partition coefficient (Wildman–Crippen LogP) is 3.45. The molecule has 0 radical (unpaired) electrons. The second kappa shape index (κ2) is 10.2. The molecular weight excluding hydrogens is 454 g/mol. The topological polar surface area (TPSA) is 96.4 Å². The molecule has 2 N–H and O–H groups in total. The van der Waals surface area contributed by atoms with E-state index in [1.807, 2.05) is 60.7 Å². The van der Waals surface area contributed by atoms with E-state index < -0.39 is 18.1 Å². The number of amides is 1. The smallest absolute Gasteiger partial charge is 0.357 e. The van der Waals surface area contributed by atoms with E-state index in [4.69, 9.17) is 15.7 Å². The minimum absolute atomic E-state index is 0. The summed E-state index contributed by atoms with van der Waals surface area (Å²) in [6, 6.07) is 20.1. The van der Waals surface area contributed by atoms with E-state index in [9.17, 15) is 9.59 Å². The van der Waals surface area contributed by atoms with Crippen LogP contribution < -0.4 is 5.73 Å². The molecule has 31 heavy (non-hydrogen) atoms. The number of carbonyl (C=O) groups excluding carboxylic acids is 2. The minimum Gasteiger partial charge on any atom is -0.448 e. The average molecular weight is 474 g/mol. The zero-order valence-corrected chi connectivity index (χ0v) is 18.8. The Kier molecular flexibility index (Phi) is 7.68. The SMILES string of the molecule is Cl.N#CCSC1=C(C(=O)OC(c2ccccc2)c2ccccc2)N2C(=O)C(N)C2CS1. The van der Waals surface area contributed by atoms with Gasteiger partial charge in [-0.2, -0.15) is 5.26 Å². The molecule has 2 heterocycles. The zero-order chi connectivity index (χ0) is 21.1. The summed E-state index contributed by atoms with van der Waals surface area (Å²) in [4.78, 5) is 27.2. The molecule has 9 heteroatoms. The van der Waals surface area contributed by atoms with Gasteiger partial charge in [-0.1, -0.05) is 60.7 Å². The van der Waals surface area contributed by atoms with E-state index in [1.54, 1.807) is 0 Å². The minimum atomic E-state index is -0.620. The van der Waals surface area contributed by atoms with Gasteiger partial charge in [0.2, 0.25) is 5.91 Å². The van der Waals surface area contributed by atoms with Gasteiger partial charge in [0.25, 0.3) is 0 Å². The number of ether oxygens (including phenoxy) is 1. The summed E-state index contributed by atoms with van der Waals surface area (Å²) >= 11 is 2.69. The van der Waals surface area contributed by atoms with E-state index in [1.165, 1.54) is 28.4 Å². The molecule has 0 aliphatic carbocycles. The van der Waals surface area contributed by atoms with Crippen molar-refractivity contribution >= 4 is 47.8 Å². The predicted molar refractivity (Wildman–Crippen MR) is 124 cm³/mol. The maximum absolute atomic E-state index is 13.3. The van der Waals surface area contributed by atoms with Crippen molar-refractivity contribution in [3.63, 3.8) is 0 Å². The summed E-state index contributed by atoms with van der Waals surface area (Å²) in [6.45, 7) is 0. The number of β-lactam (4-membered cyclic amide) rings is 1. The van der Waals surface area contributed by atoms with Crippen molar-refractivity contribution in [2.75, 3.05) is 11.5 Å². The lowest BCUT2D eigenvalue weighted by Gasteiger charge is -2.48. The largest absolute Gasteiger partial charge is 0.448 e. The lowest BCUT2D eigenvalue weighted by Crippen LogP contribution is -2.70. The number of nitriles is 1. The first-order valence-electron chi connectivity index (χ1n) is 9.38. The monoisotopic (exact) mass is 473 g/mol. The number of esters is 1. The van der Waals surface area contributed by atoms with Gasteiger partial charge in [0.15, 0.2) is 11.8 Å². The van der Waals surface area contributed by atoms with Crippen molar-refractivity contribution in [2.24, 2.45) is 5.73 Å². The number of thioether (sulfide) groups is 2. The number of fused-ring (bicyclic) bond motifs is 1. The van der Waals surface area contributed by atoms with Crippen molar-refractivity contribution in [1.82, 2.24) is 4.90 Å². The van der Waals surface area contributed by atoms with Crippen LogP contribution in [0.2, 0.25) is 0 Å². The average Bonchev–Trinajstić information content (AvgIpc) is 2.81. The molecule has 0 spiro atoms. The van der Waals surface area contributed by atoms with E-state index in [-0.39, 0.29) is 35.8 Å². The first kappa shape index (κ1) is 23.2. The fourth-order valence-corrected chi connectivity index (χ4v) is 5.71.